The van der Waals surface area contributed by atoms with Crippen LogP contribution in [-0.4, -0.2) is 47.0 Å². The molecule has 0 heterocycles. The molecule has 0 aliphatic heterocycles. The van der Waals surface area contributed by atoms with E-state index in [1.807, 2.05) is 25.1 Å². The van der Waals surface area contributed by atoms with Gasteiger partial charge in [-0.3, -0.25) is 4.99 Å². The lowest BCUT2D eigenvalue weighted by molar-refractivity contribution is 0.143. The van der Waals surface area contributed by atoms with Crippen LogP contribution >= 0.6 is 24.0 Å². The minimum atomic E-state index is 0. The summed E-state index contributed by atoms with van der Waals surface area (Å²) in [4.78, 5) is 4.23. The van der Waals surface area contributed by atoms with Gasteiger partial charge in [0.05, 0.1) is 14.2 Å². The molecule has 0 bridgehead atoms. The van der Waals surface area contributed by atoms with Crippen molar-refractivity contribution in [2.24, 2.45) is 4.99 Å². The van der Waals surface area contributed by atoms with Gasteiger partial charge in [0.25, 0.3) is 0 Å². The fourth-order valence-corrected chi connectivity index (χ4v) is 2.17. The minimum Gasteiger partial charge on any atom is -0.493 e. The number of rotatable bonds is 10. The molecule has 7 heteroatoms. The van der Waals surface area contributed by atoms with Crippen molar-refractivity contribution in [1.82, 2.24) is 10.6 Å². The zero-order valence-corrected chi connectivity index (χ0v) is 17.4. The van der Waals surface area contributed by atoms with Gasteiger partial charge in [0.1, 0.15) is 0 Å². The number of unbranched alkanes of at least 4 members (excludes halogenated alkanes) is 1. The average Bonchev–Trinajstić information content (AvgIpc) is 2.59. The maximum atomic E-state index is 5.43. The number of halogens is 1. The summed E-state index contributed by atoms with van der Waals surface area (Å²) in [5, 5.41) is 6.58. The Kier molecular flexibility index (Phi) is 13.4. The standard InChI is InChI=1S/C17H29N3O3.HI/c1-5-23-12-7-6-11-19-17(18-2)20-13-14-9-8-10-15(21-3)16(14)22-4;/h8-10H,5-7,11-13H2,1-4H3,(H2,18,19,20);1H. The van der Waals surface area contributed by atoms with E-state index in [4.69, 9.17) is 14.2 Å². The molecule has 0 aromatic heterocycles. The predicted molar refractivity (Wildman–Crippen MR) is 109 cm³/mol. The van der Waals surface area contributed by atoms with Crippen LogP contribution in [0.1, 0.15) is 25.3 Å². The third kappa shape index (κ3) is 8.05. The molecule has 0 atom stereocenters. The molecule has 1 aromatic rings. The summed E-state index contributed by atoms with van der Waals surface area (Å²) in [6.07, 6.45) is 2.09. The number of guanidine groups is 1. The van der Waals surface area contributed by atoms with E-state index in [2.05, 4.69) is 15.6 Å². The van der Waals surface area contributed by atoms with Gasteiger partial charge in [0.2, 0.25) is 0 Å². The molecule has 0 spiro atoms. The molecule has 0 saturated carbocycles. The smallest absolute Gasteiger partial charge is 0.191 e. The van der Waals surface area contributed by atoms with Gasteiger partial charge in [0, 0.05) is 38.9 Å². The Morgan fingerprint density at radius 1 is 1.12 bits per heavy atom. The van der Waals surface area contributed by atoms with Gasteiger partial charge in [-0.05, 0) is 25.8 Å². The quantitative estimate of drug-likeness (QED) is 0.248. The van der Waals surface area contributed by atoms with Gasteiger partial charge < -0.3 is 24.8 Å². The van der Waals surface area contributed by atoms with Crippen molar-refractivity contribution in [3.63, 3.8) is 0 Å². The number of hydrogen-bond donors (Lipinski definition) is 2. The van der Waals surface area contributed by atoms with E-state index in [1.165, 1.54) is 0 Å². The molecule has 1 aromatic carbocycles. The lowest BCUT2D eigenvalue weighted by atomic mass is 10.2. The summed E-state index contributed by atoms with van der Waals surface area (Å²) in [6, 6.07) is 5.83. The Morgan fingerprint density at radius 2 is 1.92 bits per heavy atom. The molecule has 24 heavy (non-hydrogen) atoms. The topological polar surface area (TPSA) is 64.1 Å². The number of aliphatic imine (C=N–C) groups is 1. The van der Waals surface area contributed by atoms with Crippen molar-refractivity contribution in [2.75, 3.05) is 41.0 Å². The predicted octanol–water partition coefficient (Wildman–Crippen LogP) is 2.80. The van der Waals surface area contributed by atoms with Crippen molar-refractivity contribution in [2.45, 2.75) is 26.3 Å². The lowest BCUT2D eigenvalue weighted by Crippen LogP contribution is -2.37. The minimum absolute atomic E-state index is 0. The highest BCUT2D eigenvalue weighted by molar-refractivity contribution is 14.0. The van der Waals surface area contributed by atoms with Crippen molar-refractivity contribution >= 4 is 29.9 Å². The van der Waals surface area contributed by atoms with Gasteiger partial charge in [-0.2, -0.15) is 0 Å². The molecule has 0 fully saturated rings. The number of nitrogens with zero attached hydrogens (tertiary/aromatic N) is 1. The average molecular weight is 451 g/mol. The molecule has 2 N–H and O–H groups in total. The summed E-state index contributed by atoms with van der Waals surface area (Å²) < 4.78 is 16.1. The van der Waals surface area contributed by atoms with E-state index in [0.29, 0.717) is 6.54 Å². The van der Waals surface area contributed by atoms with Crippen molar-refractivity contribution in [1.29, 1.82) is 0 Å². The van der Waals surface area contributed by atoms with Crippen LogP contribution in [0.25, 0.3) is 0 Å². The van der Waals surface area contributed by atoms with E-state index >= 15 is 0 Å². The molecule has 0 unspecified atom stereocenters. The normalized spacial score (nSPS) is 10.8. The number of para-hydroxylation sites is 1. The zero-order chi connectivity index (χ0) is 16.9. The van der Waals surface area contributed by atoms with Crippen LogP contribution in [0.15, 0.2) is 23.2 Å². The summed E-state index contributed by atoms with van der Waals surface area (Å²) in [7, 11) is 5.04. The van der Waals surface area contributed by atoms with E-state index in [9.17, 15) is 0 Å². The number of methoxy groups -OCH3 is 2. The molecule has 0 radical (unpaired) electrons. The zero-order valence-electron chi connectivity index (χ0n) is 15.1. The first-order valence-corrected chi connectivity index (χ1v) is 7.98. The lowest BCUT2D eigenvalue weighted by Gasteiger charge is -2.15. The third-order valence-corrected chi connectivity index (χ3v) is 3.37. The Labute approximate surface area is 162 Å². The fraction of sp³-hybridized carbons (Fsp3) is 0.588. The highest BCUT2D eigenvalue weighted by Crippen LogP contribution is 2.30. The molecular formula is C17H30IN3O3. The van der Waals surface area contributed by atoms with E-state index in [0.717, 1.165) is 55.6 Å². The molecule has 0 amide bonds. The van der Waals surface area contributed by atoms with Crippen LogP contribution in [0.2, 0.25) is 0 Å². The van der Waals surface area contributed by atoms with Gasteiger partial charge in [-0.25, -0.2) is 0 Å². The van der Waals surface area contributed by atoms with Crippen LogP contribution in [-0.2, 0) is 11.3 Å². The van der Waals surface area contributed by atoms with E-state index in [1.54, 1.807) is 21.3 Å². The van der Waals surface area contributed by atoms with Crippen LogP contribution in [0.3, 0.4) is 0 Å². The Bertz CT molecular complexity index is 484. The third-order valence-electron chi connectivity index (χ3n) is 3.37. The molecule has 6 nitrogen and oxygen atoms in total. The summed E-state index contributed by atoms with van der Waals surface area (Å²) in [5.74, 6) is 2.24. The van der Waals surface area contributed by atoms with Crippen LogP contribution in [0.5, 0.6) is 11.5 Å². The maximum Gasteiger partial charge on any atom is 0.191 e. The van der Waals surface area contributed by atoms with Crippen LogP contribution in [0.4, 0.5) is 0 Å². The first-order valence-electron chi connectivity index (χ1n) is 7.98. The Morgan fingerprint density at radius 3 is 2.54 bits per heavy atom. The van der Waals surface area contributed by atoms with Crippen molar-refractivity contribution in [3.05, 3.63) is 23.8 Å². The van der Waals surface area contributed by atoms with E-state index in [-0.39, 0.29) is 24.0 Å². The van der Waals surface area contributed by atoms with Gasteiger partial charge >= 0.3 is 0 Å². The van der Waals surface area contributed by atoms with Gasteiger partial charge in [-0.1, -0.05) is 12.1 Å². The Balaban J connectivity index is 0.00000529. The van der Waals surface area contributed by atoms with Crippen LogP contribution in [0, 0.1) is 0 Å². The van der Waals surface area contributed by atoms with Gasteiger partial charge in [0.15, 0.2) is 17.5 Å². The summed E-state index contributed by atoms with van der Waals surface area (Å²) >= 11 is 0. The highest BCUT2D eigenvalue weighted by Gasteiger charge is 2.09. The van der Waals surface area contributed by atoms with Crippen molar-refractivity contribution in [3.8, 4) is 11.5 Å². The number of hydrogen-bond acceptors (Lipinski definition) is 4. The molecule has 0 saturated heterocycles. The number of nitrogens with one attached hydrogen (secondary N) is 2. The first-order chi connectivity index (χ1) is 11.3. The van der Waals surface area contributed by atoms with Gasteiger partial charge in [-0.15, -0.1) is 24.0 Å². The number of ether oxygens (including phenoxy) is 3. The second-order valence-corrected chi connectivity index (χ2v) is 4.91. The fourth-order valence-electron chi connectivity index (χ4n) is 2.17. The first kappa shape index (κ1) is 22.8. The second kappa shape index (κ2) is 14.2. The molecule has 1 rings (SSSR count). The molecule has 0 aliphatic rings. The Hall–Kier alpha value is -1.22. The van der Waals surface area contributed by atoms with Crippen molar-refractivity contribution < 1.29 is 14.2 Å². The largest absolute Gasteiger partial charge is 0.493 e. The maximum absolute atomic E-state index is 5.43. The van der Waals surface area contributed by atoms with E-state index < -0.39 is 0 Å². The van der Waals surface area contributed by atoms with Crippen LogP contribution < -0.4 is 20.1 Å². The second-order valence-electron chi connectivity index (χ2n) is 4.91. The summed E-state index contributed by atoms with van der Waals surface area (Å²) in [6.45, 7) is 5.07. The summed E-state index contributed by atoms with van der Waals surface area (Å²) in [5.41, 5.74) is 1.02. The highest BCUT2D eigenvalue weighted by atomic mass is 127. The SMILES string of the molecule is CCOCCCCNC(=NC)NCc1cccc(OC)c1OC.I. The number of benzene rings is 1. The molecule has 138 valence electrons. The molecule has 0 aliphatic carbocycles. The molecular weight excluding hydrogens is 421 g/mol. The monoisotopic (exact) mass is 451 g/mol.